The van der Waals surface area contributed by atoms with Crippen molar-refractivity contribution >= 4 is 11.6 Å². The summed E-state index contributed by atoms with van der Waals surface area (Å²) in [5.74, 6) is 0.654. The van der Waals surface area contributed by atoms with Gasteiger partial charge in [0.25, 0.3) is 5.56 Å². The van der Waals surface area contributed by atoms with Crippen molar-refractivity contribution in [2.75, 3.05) is 12.4 Å². The molecule has 0 spiro atoms. The van der Waals surface area contributed by atoms with Gasteiger partial charge in [0.15, 0.2) is 0 Å². The van der Waals surface area contributed by atoms with Gasteiger partial charge in [0.1, 0.15) is 5.75 Å². The highest BCUT2D eigenvalue weighted by Gasteiger charge is 2.08. The highest BCUT2D eigenvalue weighted by atomic mass is 16.5. The van der Waals surface area contributed by atoms with Gasteiger partial charge in [-0.15, -0.1) is 0 Å². The first-order valence-corrected chi connectivity index (χ1v) is 9.56. The number of ether oxygens (including phenoxy) is 1. The summed E-state index contributed by atoms with van der Waals surface area (Å²) in [6.07, 6.45) is 0.829. The Bertz CT molecular complexity index is 1070. The van der Waals surface area contributed by atoms with E-state index in [0.717, 1.165) is 28.1 Å². The number of anilines is 1. The fourth-order valence-electron chi connectivity index (χ4n) is 3.03. The molecule has 1 N–H and O–H groups in total. The largest absolute Gasteiger partial charge is 0.497 e. The highest BCUT2D eigenvalue weighted by molar-refractivity contribution is 5.91. The van der Waals surface area contributed by atoms with Gasteiger partial charge >= 0.3 is 0 Å². The van der Waals surface area contributed by atoms with Crippen LogP contribution in [0.15, 0.2) is 59.4 Å². The molecule has 150 valence electrons. The van der Waals surface area contributed by atoms with Crippen molar-refractivity contribution < 1.29 is 9.53 Å². The van der Waals surface area contributed by atoms with Gasteiger partial charge < -0.3 is 10.1 Å². The molecule has 0 bridgehead atoms. The van der Waals surface area contributed by atoms with Crippen LogP contribution in [0, 0.1) is 13.8 Å². The standard InChI is InChI=1S/C23H25N3O3/c1-16-7-4-10-20(17(16)2)24-22(27)11-6-14-26-23(28)13-12-21(25-26)18-8-5-9-19(15-18)29-3/h4-5,7-10,12-13,15H,6,11,14H2,1-3H3,(H,24,27). The summed E-state index contributed by atoms with van der Waals surface area (Å²) in [5.41, 5.74) is 4.38. The van der Waals surface area contributed by atoms with Crippen molar-refractivity contribution in [1.82, 2.24) is 9.78 Å². The SMILES string of the molecule is COc1cccc(-c2ccc(=O)n(CCCC(=O)Nc3cccc(C)c3C)n2)c1. The highest BCUT2D eigenvalue weighted by Crippen LogP contribution is 2.21. The van der Waals surface area contributed by atoms with E-state index < -0.39 is 0 Å². The second-order valence-electron chi connectivity index (χ2n) is 6.91. The number of hydrogen-bond donors (Lipinski definition) is 1. The van der Waals surface area contributed by atoms with Crippen molar-refractivity contribution in [3.8, 4) is 17.0 Å². The van der Waals surface area contributed by atoms with Crippen LogP contribution in [0.1, 0.15) is 24.0 Å². The average Bonchev–Trinajstić information content (AvgIpc) is 2.73. The van der Waals surface area contributed by atoms with Crippen LogP contribution < -0.4 is 15.6 Å². The lowest BCUT2D eigenvalue weighted by atomic mass is 10.1. The zero-order valence-corrected chi connectivity index (χ0v) is 16.9. The van der Waals surface area contributed by atoms with Crippen molar-refractivity contribution in [3.05, 3.63) is 76.1 Å². The number of amides is 1. The predicted octanol–water partition coefficient (Wildman–Crippen LogP) is 3.95. The molecule has 3 rings (SSSR count). The number of hydrogen-bond acceptors (Lipinski definition) is 4. The number of carbonyl (C=O) groups is 1. The Labute approximate surface area is 170 Å². The van der Waals surface area contributed by atoms with Crippen LogP contribution in [0.4, 0.5) is 5.69 Å². The van der Waals surface area contributed by atoms with Crippen LogP contribution in [0.2, 0.25) is 0 Å². The summed E-state index contributed by atoms with van der Waals surface area (Å²) in [7, 11) is 1.61. The maximum Gasteiger partial charge on any atom is 0.266 e. The summed E-state index contributed by atoms with van der Waals surface area (Å²) in [6.45, 7) is 4.37. The molecule has 0 aliphatic rings. The van der Waals surface area contributed by atoms with E-state index >= 15 is 0 Å². The third-order valence-electron chi connectivity index (χ3n) is 4.88. The molecule has 0 saturated heterocycles. The number of carbonyl (C=O) groups excluding carboxylic acids is 1. The van der Waals surface area contributed by atoms with Crippen LogP contribution >= 0.6 is 0 Å². The molecule has 3 aromatic rings. The van der Waals surface area contributed by atoms with Gasteiger partial charge in [0.05, 0.1) is 12.8 Å². The van der Waals surface area contributed by atoms with Crippen molar-refractivity contribution in [1.29, 1.82) is 0 Å². The molecule has 0 unspecified atom stereocenters. The van der Waals surface area contributed by atoms with Crippen LogP contribution in [0.5, 0.6) is 5.75 Å². The zero-order valence-electron chi connectivity index (χ0n) is 16.9. The maximum absolute atomic E-state index is 12.3. The molecule has 1 amide bonds. The Morgan fingerprint density at radius 1 is 1.10 bits per heavy atom. The number of methoxy groups -OCH3 is 1. The lowest BCUT2D eigenvalue weighted by Crippen LogP contribution is -2.23. The summed E-state index contributed by atoms with van der Waals surface area (Å²) in [5, 5.41) is 7.38. The van der Waals surface area contributed by atoms with Gasteiger partial charge in [0, 0.05) is 30.3 Å². The molecule has 0 atom stereocenters. The Hall–Kier alpha value is -3.41. The molecule has 29 heavy (non-hydrogen) atoms. The second-order valence-corrected chi connectivity index (χ2v) is 6.91. The summed E-state index contributed by atoms with van der Waals surface area (Å²) in [6, 6.07) is 16.5. The number of rotatable bonds is 7. The van der Waals surface area contributed by atoms with Gasteiger partial charge in [-0.05, 0) is 55.7 Å². The van der Waals surface area contributed by atoms with E-state index in [2.05, 4.69) is 10.4 Å². The Balaban J connectivity index is 1.64. The summed E-state index contributed by atoms with van der Waals surface area (Å²) < 4.78 is 6.65. The van der Waals surface area contributed by atoms with Crippen LogP contribution in [-0.4, -0.2) is 22.8 Å². The van der Waals surface area contributed by atoms with E-state index in [1.54, 1.807) is 13.2 Å². The molecular formula is C23H25N3O3. The quantitative estimate of drug-likeness (QED) is 0.662. The molecule has 2 aromatic carbocycles. The molecule has 0 fully saturated rings. The number of nitrogens with one attached hydrogen (secondary N) is 1. The fourth-order valence-corrected chi connectivity index (χ4v) is 3.03. The Morgan fingerprint density at radius 3 is 2.69 bits per heavy atom. The van der Waals surface area contributed by atoms with Gasteiger partial charge in [-0.1, -0.05) is 24.3 Å². The Morgan fingerprint density at radius 2 is 1.90 bits per heavy atom. The smallest absolute Gasteiger partial charge is 0.266 e. The zero-order chi connectivity index (χ0) is 20.8. The number of nitrogens with zero attached hydrogens (tertiary/aromatic N) is 2. The van der Waals surface area contributed by atoms with Crippen molar-refractivity contribution in [2.45, 2.75) is 33.2 Å². The average molecular weight is 391 g/mol. The topological polar surface area (TPSA) is 73.2 Å². The molecule has 0 aliphatic carbocycles. The van der Waals surface area contributed by atoms with Gasteiger partial charge in [0.2, 0.25) is 5.91 Å². The van der Waals surface area contributed by atoms with E-state index in [4.69, 9.17) is 4.74 Å². The first-order chi connectivity index (χ1) is 14.0. The first-order valence-electron chi connectivity index (χ1n) is 9.56. The lowest BCUT2D eigenvalue weighted by Gasteiger charge is -2.11. The molecule has 0 radical (unpaired) electrons. The molecule has 0 aliphatic heterocycles. The molecule has 0 saturated carbocycles. The molecule has 1 heterocycles. The van der Waals surface area contributed by atoms with Gasteiger partial charge in [-0.3, -0.25) is 9.59 Å². The monoisotopic (exact) mass is 391 g/mol. The van der Waals surface area contributed by atoms with E-state index in [1.807, 2.05) is 56.3 Å². The van der Waals surface area contributed by atoms with E-state index in [-0.39, 0.29) is 11.5 Å². The number of aromatic nitrogens is 2. The minimum absolute atomic E-state index is 0.0734. The summed E-state index contributed by atoms with van der Waals surface area (Å²) >= 11 is 0. The molecule has 6 nitrogen and oxygen atoms in total. The number of aryl methyl sites for hydroxylation is 2. The Kier molecular flexibility index (Phi) is 6.44. The summed E-state index contributed by atoms with van der Waals surface area (Å²) in [4.78, 5) is 24.4. The van der Waals surface area contributed by atoms with Crippen LogP contribution in [0.25, 0.3) is 11.3 Å². The molecular weight excluding hydrogens is 366 g/mol. The minimum Gasteiger partial charge on any atom is -0.497 e. The fraction of sp³-hybridized carbons (Fsp3) is 0.261. The van der Waals surface area contributed by atoms with Crippen LogP contribution in [-0.2, 0) is 11.3 Å². The van der Waals surface area contributed by atoms with Crippen molar-refractivity contribution in [3.63, 3.8) is 0 Å². The van der Waals surface area contributed by atoms with E-state index in [1.165, 1.54) is 10.7 Å². The second kappa shape index (κ2) is 9.19. The maximum atomic E-state index is 12.3. The van der Waals surface area contributed by atoms with Gasteiger partial charge in [-0.2, -0.15) is 5.10 Å². The third-order valence-corrected chi connectivity index (χ3v) is 4.88. The van der Waals surface area contributed by atoms with E-state index in [9.17, 15) is 9.59 Å². The molecule has 1 aromatic heterocycles. The van der Waals surface area contributed by atoms with Crippen molar-refractivity contribution in [2.24, 2.45) is 0 Å². The minimum atomic E-state index is -0.188. The third kappa shape index (κ3) is 5.10. The first kappa shape index (κ1) is 20.3. The van der Waals surface area contributed by atoms with E-state index in [0.29, 0.717) is 25.1 Å². The van der Waals surface area contributed by atoms with Crippen LogP contribution in [0.3, 0.4) is 0 Å². The lowest BCUT2D eigenvalue weighted by molar-refractivity contribution is -0.116. The van der Waals surface area contributed by atoms with Gasteiger partial charge in [-0.25, -0.2) is 4.68 Å². The normalized spacial score (nSPS) is 10.6. The molecule has 6 heteroatoms. The predicted molar refractivity (Wildman–Crippen MR) is 114 cm³/mol. The number of benzene rings is 2.